The summed E-state index contributed by atoms with van der Waals surface area (Å²) in [5.74, 6) is -1.35. The Morgan fingerprint density at radius 2 is 2.21 bits per heavy atom. The molecule has 0 spiro atoms. The van der Waals surface area contributed by atoms with Crippen molar-refractivity contribution < 1.29 is 31.0 Å². The number of rotatable bonds is 3. The fourth-order valence-electron chi connectivity index (χ4n) is 3.53. The van der Waals surface area contributed by atoms with Crippen LogP contribution in [0.1, 0.15) is 67.0 Å². The molecule has 1 N–H and O–H groups in total. The predicted molar refractivity (Wildman–Crippen MR) is 95.7 cm³/mol. The molecule has 24 heavy (non-hydrogen) atoms. The summed E-state index contributed by atoms with van der Waals surface area (Å²) < 4.78 is 106. The van der Waals surface area contributed by atoms with E-state index in [0.717, 1.165) is 6.92 Å². The van der Waals surface area contributed by atoms with Crippen LogP contribution in [-0.2, 0) is 6.42 Å². The van der Waals surface area contributed by atoms with Gasteiger partial charge in [-0.3, -0.25) is 4.90 Å². The lowest BCUT2D eigenvalue weighted by Crippen LogP contribution is -2.48. The van der Waals surface area contributed by atoms with Gasteiger partial charge in [0.2, 0.25) is 0 Å². The molecule has 2 heterocycles. The van der Waals surface area contributed by atoms with Crippen molar-refractivity contribution in [2.45, 2.75) is 52.0 Å². The first-order valence-electron chi connectivity index (χ1n) is 13.9. The Morgan fingerprint density at radius 1 is 1.42 bits per heavy atom. The summed E-state index contributed by atoms with van der Waals surface area (Å²) in [4.78, 5) is 1.59. The first kappa shape index (κ1) is 7.96. The van der Waals surface area contributed by atoms with Gasteiger partial charge in [0.15, 0.2) is 11.5 Å². The summed E-state index contributed by atoms with van der Waals surface area (Å²) in [7, 11) is -1.41. The largest absolute Gasteiger partial charge is 0.493 e. The van der Waals surface area contributed by atoms with E-state index in [4.69, 9.17) is 24.6 Å². The molecule has 2 aliphatic rings. The van der Waals surface area contributed by atoms with Gasteiger partial charge in [-0.15, -0.1) is 0 Å². The van der Waals surface area contributed by atoms with Crippen LogP contribution in [0.25, 0.3) is 0 Å². The minimum absolute atomic E-state index is 0.0232. The minimum Gasteiger partial charge on any atom is -0.493 e. The first-order chi connectivity index (χ1) is 16.1. The maximum absolute atomic E-state index is 11.1. The van der Waals surface area contributed by atoms with E-state index >= 15 is 0 Å². The monoisotopic (exact) mass is 345 g/mol. The van der Waals surface area contributed by atoms with E-state index in [1.807, 2.05) is 0 Å². The van der Waals surface area contributed by atoms with Crippen LogP contribution in [0, 0.1) is 11.3 Å². The van der Waals surface area contributed by atoms with Gasteiger partial charge in [-0.25, -0.2) is 0 Å². The van der Waals surface area contributed by atoms with Gasteiger partial charge in [0, 0.05) is 30.1 Å². The van der Waals surface area contributed by atoms with Crippen LogP contribution in [0.4, 0.5) is 0 Å². The third-order valence-electron chi connectivity index (χ3n) is 4.60. The van der Waals surface area contributed by atoms with Gasteiger partial charge >= 0.3 is 0 Å². The Bertz CT molecular complexity index is 976. The molecule has 1 fully saturated rings. The number of aliphatic hydroxyl groups is 1. The van der Waals surface area contributed by atoms with Gasteiger partial charge in [-0.1, -0.05) is 20.6 Å². The fraction of sp³-hybridized carbons (Fsp3) is 0.700. The average molecular weight is 346 g/mol. The van der Waals surface area contributed by atoms with E-state index in [-0.39, 0.29) is 31.0 Å². The van der Waals surface area contributed by atoms with Crippen LogP contribution in [0.5, 0.6) is 11.5 Å². The van der Waals surface area contributed by atoms with Crippen LogP contribution < -0.4 is 9.47 Å². The molecule has 0 radical (unpaired) electrons. The molecule has 134 valence electrons. The van der Waals surface area contributed by atoms with Gasteiger partial charge < -0.3 is 14.6 Å². The highest BCUT2D eigenvalue weighted by Gasteiger charge is 2.39. The molecular formula is C20H31NO3. The first-order valence-corrected chi connectivity index (χ1v) is 7.94. The van der Waals surface area contributed by atoms with Crippen molar-refractivity contribution in [2.75, 3.05) is 27.2 Å². The topological polar surface area (TPSA) is 41.9 Å². The molecule has 1 aromatic rings. The van der Waals surface area contributed by atoms with Crippen molar-refractivity contribution in [1.29, 1.82) is 0 Å². The molecule has 4 nitrogen and oxygen atoms in total. The van der Waals surface area contributed by atoms with Crippen molar-refractivity contribution in [1.82, 2.24) is 4.90 Å². The molecule has 0 aliphatic carbocycles. The molecule has 1 saturated heterocycles. The SMILES string of the molecule is [2H]C([2H])([2H])Oc1cc2c(cc1OC)C1([2H])CC(O)C(C([2H])([2H])C(C)(C([2H])([2H])[2H])C([2H])([2H])[2H])CN1CC2. The Morgan fingerprint density at radius 3 is 2.92 bits per heavy atom. The zero-order chi connectivity index (χ0) is 27.7. The second-order valence-corrected chi connectivity index (χ2v) is 6.55. The summed E-state index contributed by atoms with van der Waals surface area (Å²) in [6, 6.07) is 1.38. The number of nitrogens with zero attached hydrogens (tertiary/aromatic N) is 1. The number of benzene rings is 1. The molecule has 2 aliphatic heterocycles. The molecular weight excluding hydrogens is 302 g/mol. The fourth-order valence-corrected chi connectivity index (χ4v) is 3.53. The Labute approximate surface area is 162 Å². The number of hydrogen-bond acceptors (Lipinski definition) is 4. The third-order valence-corrected chi connectivity index (χ3v) is 4.60. The zero-order valence-electron chi connectivity index (χ0n) is 25.8. The number of fused-ring (bicyclic) bond motifs is 3. The Hall–Kier alpha value is -1.26. The maximum atomic E-state index is 11.1. The molecule has 0 saturated carbocycles. The molecule has 0 bridgehead atoms. The van der Waals surface area contributed by atoms with Gasteiger partial charge in [-0.2, -0.15) is 0 Å². The average Bonchev–Trinajstić information content (AvgIpc) is 2.68. The van der Waals surface area contributed by atoms with Crippen molar-refractivity contribution in [3.63, 3.8) is 0 Å². The second kappa shape index (κ2) is 6.57. The number of piperidine rings is 1. The van der Waals surface area contributed by atoms with Gasteiger partial charge in [0.25, 0.3) is 0 Å². The van der Waals surface area contributed by atoms with Crippen LogP contribution in [0.3, 0.4) is 0 Å². The second-order valence-electron chi connectivity index (χ2n) is 6.55. The van der Waals surface area contributed by atoms with Gasteiger partial charge in [0.1, 0.15) is 0 Å². The highest BCUT2D eigenvalue weighted by Crippen LogP contribution is 2.44. The van der Waals surface area contributed by atoms with E-state index < -0.39 is 50.6 Å². The lowest BCUT2D eigenvalue weighted by Gasteiger charge is -2.47. The third kappa shape index (κ3) is 3.40. The molecule has 3 atom stereocenters. The van der Waals surface area contributed by atoms with Crippen molar-refractivity contribution >= 4 is 0 Å². The van der Waals surface area contributed by atoms with Gasteiger partial charge in [-0.05, 0) is 53.8 Å². The molecule has 0 amide bonds. The number of hydrogen-bond donors (Lipinski definition) is 1. The highest BCUT2D eigenvalue weighted by atomic mass is 16.5. The number of ether oxygens (including phenoxy) is 2. The molecule has 0 aromatic heterocycles. The zero-order valence-corrected chi connectivity index (χ0v) is 13.8. The van der Waals surface area contributed by atoms with E-state index in [9.17, 15) is 6.48 Å². The summed E-state index contributed by atoms with van der Waals surface area (Å²) in [6.45, 7) is -5.57. The minimum atomic E-state index is -3.20. The van der Waals surface area contributed by atoms with E-state index in [1.54, 1.807) is 4.90 Å². The van der Waals surface area contributed by atoms with Gasteiger partial charge in [0.05, 0.1) is 25.7 Å². The molecule has 1 aromatic carbocycles. The molecule has 4 heteroatoms. The van der Waals surface area contributed by atoms with Crippen LogP contribution in [0.15, 0.2) is 12.1 Å². The normalized spacial score (nSPS) is 40.0. The molecule has 3 rings (SSSR count). The Kier molecular flexibility index (Phi) is 2.18. The van der Waals surface area contributed by atoms with Crippen molar-refractivity contribution in [3.05, 3.63) is 23.3 Å². The Balaban J connectivity index is 2.03. The molecule has 3 unspecified atom stereocenters. The van der Waals surface area contributed by atoms with E-state index in [0.29, 0.717) is 17.5 Å². The maximum Gasteiger partial charge on any atom is 0.161 e. The van der Waals surface area contributed by atoms with E-state index in [1.165, 1.54) is 19.2 Å². The summed E-state index contributed by atoms with van der Waals surface area (Å²) >= 11 is 0. The lowest BCUT2D eigenvalue weighted by atomic mass is 9.75. The van der Waals surface area contributed by atoms with Crippen LogP contribution in [0.2, 0.25) is 0 Å². The van der Waals surface area contributed by atoms with Crippen molar-refractivity contribution in [2.24, 2.45) is 11.3 Å². The standard InChI is InChI=1S/C20H31NO3/c1-20(2,3)11-14-12-21-7-6-13-8-18(23-4)19(24-5)9-15(13)16(21)10-17(14)22/h8-9,14,16-17,22H,6-7,10-12H2,1-5H3/i1D3,2D3,4D3,11D2,16D. The van der Waals surface area contributed by atoms with Crippen LogP contribution in [-0.4, -0.2) is 43.3 Å². The summed E-state index contributed by atoms with van der Waals surface area (Å²) in [5.41, 5.74) is -1.76. The smallest absolute Gasteiger partial charge is 0.161 e. The lowest BCUT2D eigenvalue weighted by molar-refractivity contribution is -0.0259. The number of methoxy groups -OCH3 is 2. The predicted octanol–water partition coefficient (Wildman–Crippen LogP) is 3.42. The van der Waals surface area contributed by atoms with E-state index in [2.05, 4.69) is 0 Å². The highest BCUT2D eigenvalue weighted by molar-refractivity contribution is 5.49. The number of aliphatic hydroxyl groups excluding tert-OH is 1. The summed E-state index contributed by atoms with van der Waals surface area (Å²) in [5, 5.41) is 11.1. The van der Waals surface area contributed by atoms with Crippen molar-refractivity contribution in [3.8, 4) is 11.5 Å². The quantitative estimate of drug-likeness (QED) is 0.911. The summed E-state index contributed by atoms with van der Waals surface area (Å²) in [6.07, 6.45) is -4.38. The van der Waals surface area contributed by atoms with Crippen LogP contribution >= 0.6 is 0 Å².